The molecule has 0 spiro atoms. The normalized spacial score (nSPS) is 10.5. The maximum Gasteiger partial charge on any atom is 0.136 e. The first kappa shape index (κ1) is 14.3. The highest BCUT2D eigenvalue weighted by atomic mass is 79.9. The van der Waals surface area contributed by atoms with Gasteiger partial charge in [-0.25, -0.2) is 8.78 Å². The van der Waals surface area contributed by atoms with Crippen LogP contribution in [0.4, 0.5) is 14.5 Å². The fourth-order valence-electron chi connectivity index (χ4n) is 1.51. The van der Waals surface area contributed by atoms with Gasteiger partial charge in [-0.3, -0.25) is 0 Å². The molecule has 0 saturated heterocycles. The average molecular weight is 344 g/mol. The Balaban J connectivity index is 1.80. The Morgan fingerprint density at radius 1 is 1.05 bits per heavy atom. The van der Waals surface area contributed by atoms with E-state index in [-0.39, 0.29) is 5.82 Å². The molecule has 1 N–H and O–H groups in total. The summed E-state index contributed by atoms with van der Waals surface area (Å²) >= 11 is 4.66. The van der Waals surface area contributed by atoms with Crippen molar-refractivity contribution in [2.75, 3.05) is 17.6 Å². The summed E-state index contributed by atoms with van der Waals surface area (Å²) in [6.07, 6.45) is 0. The summed E-state index contributed by atoms with van der Waals surface area (Å²) in [4.78, 5) is 0.345. The summed E-state index contributed by atoms with van der Waals surface area (Å²) in [7, 11) is 0. The van der Waals surface area contributed by atoms with Crippen LogP contribution in [0.15, 0.2) is 51.8 Å². The molecule has 0 heterocycles. The molecule has 2 aromatic rings. The fourth-order valence-corrected chi connectivity index (χ4v) is 2.60. The summed E-state index contributed by atoms with van der Waals surface area (Å²) in [5.41, 5.74) is 1.00. The van der Waals surface area contributed by atoms with Gasteiger partial charge in [-0.15, -0.1) is 11.8 Å². The van der Waals surface area contributed by atoms with Crippen LogP contribution in [0.3, 0.4) is 0 Å². The van der Waals surface area contributed by atoms with Crippen LogP contribution in [0.5, 0.6) is 0 Å². The Morgan fingerprint density at radius 3 is 2.53 bits per heavy atom. The van der Waals surface area contributed by atoms with Gasteiger partial charge in [0.15, 0.2) is 0 Å². The van der Waals surface area contributed by atoms with E-state index in [1.165, 1.54) is 17.8 Å². The lowest BCUT2D eigenvalue weighted by atomic mass is 10.3. The molecule has 2 rings (SSSR count). The predicted octanol–water partition coefficient (Wildman–Crippen LogP) is 4.93. The first-order valence-electron chi connectivity index (χ1n) is 5.72. The third-order valence-corrected chi connectivity index (χ3v) is 3.99. The molecule has 0 unspecified atom stereocenters. The number of anilines is 1. The van der Waals surface area contributed by atoms with Gasteiger partial charge in [0.2, 0.25) is 0 Å². The van der Waals surface area contributed by atoms with Crippen molar-refractivity contribution in [3.05, 3.63) is 58.6 Å². The van der Waals surface area contributed by atoms with Crippen LogP contribution in [0.25, 0.3) is 0 Å². The van der Waals surface area contributed by atoms with Crippen molar-refractivity contribution < 1.29 is 8.78 Å². The lowest BCUT2D eigenvalue weighted by molar-refractivity contribution is 0.577. The molecular formula is C14H12BrF2NS. The highest BCUT2D eigenvalue weighted by Gasteiger charge is 2.04. The quantitative estimate of drug-likeness (QED) is 0.610. The van der Waals surface area contributed by atoms with Crippen molar-refractivity contribution in [2.45, 2.75) is 4.90 Å². The van der Waals surface area contributed by atoms with Crippen LogP contribution in [-0.2, 0) is 0 Å². The van der Waals surface area contributed by atoms with E-state index in [1.54, 1.807) is 0 Å². The number of rotatable bonds is 5. The number of hydrogen-bond donors (Lipinski definition) is 1. The summed E-state index contributed by atoms with van der Waals surface area (Å²) in [5, 5.41) is 3.22. The van der Waals surface area contributed by atoms with Crippen LogP contribution < -0.4 is 5.32 Å². The van der Waals surface area contributed by atoms with E-state index >= 15 is 0 Å². The Morgan fingerprint density at radius 2 is 1.79 bits per heavy atom. The summed E-state index contributed by atoms with van der Waals surface area (Å²) in [6, 6.07) is 11.3. The molecule has 5 heteroatoms. The van der Waals surface area contributed by atoms with E-state index in [1.807, 2.05) is 24.3 Å². The highest BCUT2D eigenvalue weighted by Crippen LogP contribution is 2.22. The van der Waals surface area contributed by atoms with E-state index in [2.05, 4.69) is 21.2 Å². The SMILES string of the molecule is Fc1ccc(F)c(SCCNc2ccc(Br)cc2)c1. The van der Waals surface area contributed by atoms with E-state index in [0.717, 1.165) is 22.3 Å². The Kier molecular flexibility index (Phi) is 5.22. The summed E-state index contributed by atoms with van der Waals surface area (Å²) in [5.74, 6) is -0.129. The van der Waals surface area contributed by atoms with Crippen molar-refractivity contribution in [1.29, 1.82) is 0 Å². The standard InChI is InChI=1S/C14H12BrF2NS/c15-10-1-4-12(5-2-10)18-7-8-19-14-9-11(16)3-6-13(14)17/h1-6,9,18H,7-8H2. The maximum absolute atomic E-state index is 13.4. The number of hydrogen-bond acceptors (Lipinski definition) is 2. The van der Waals surface area contributed by atoms with Crippen LogP contribution in [-0.4, -0.2) is 12.3 Å². The molecule has 0 aliphatic heterocycles. The second-order valence-corrected chi connectivity index (χ2v) is 5.91. The molecular weight excluding hydrogens is 332 g/mol. The molecule has 0 aromatic heterocycles. The lowest BCUT2D eigenvalue weighted by Crippen LogP contribution is -2.03. The molecule has 0 aliphatic rings. The average Bonchev–Trinajstić information content (AvgIpc) is 2.40. The minimum absolute atomic E-state index is 0.345. The Hall–Kier alpha value is -1.07. The van der Waals surface area contributed by atoms with Gasteiger partial charge >= 0.3 is 0 Å². The zero-order valence-electron chi connectivity index (χ0n) is 10.00. The lowest BCUT2D eigenvalue weighted by Gasteiger charge is -2.07. The minimum atomic E-state index is -0.412. The van der Waals surface area contributed by atoms with E-state index in [0.29, 0.717) is 17.2 Å². The molecule has 0 saturated carbocycles. The van der Waals surface area contributed by atoms with Crippen molar-refractivity contribution in [3.8, 4) is 0 Å². The van der Waals surface area contributed by atoms with Crippen LogP contribution in [0, 0.1) is 11.6 Å². The molecule has 100 valence electrons. The van der Waals surface area contributed by atoms with E-state index in [9.17, 15) is 8.78 Å². The van der Waals surface area contributed by atoms with Crippen molar-refractivity contribution in [3.63, 3.8) is 0 Å². The monoisotopic (exact) mass is 343 g/mol. The molecule has 19 heavy (non-hydrogen) atoms. The van der Waals surface area contributed by atoms with Gasteiger partial charge in [0, 0.05) is 27.4 Å². The first-order valence-corrected chi connectivity index (χ1v) is 7.50. The number of nitrogens with one attached hydrogen (secondary N) is 1. The van der Waals surface area contributed by atoms with Gasteiger partial charge in [-0.2, -0.15) is 0 Å². The van der Waals surface area contributed by atoms with Gasteiger partial charge in [-0.1, -0.05) is 15.9 Å². The van der Waals surface area contributed by atoms with Crippen molar-refractivity contribution in [1.82, 2.24) is 0 Å². The number of halogens is 3. The number of benzene rings is 2. The van der Waals surface area contributed by atoms with Crippen LogP contribution >= 0.6 is 27.7 Å². The second-order valence-electron chi connectivity index (χ2n) is 3.86. The van der Waals surface area contributed by atoms with Gasteiger partial charge in [0.25, 0.3) is 0 Å². The molecule has 1 nitrogen and oxygen atoms in total. The third-order valence-electron chi connectivity index (χ3n) is 2.43. The first-order chi connectivity index (χ1) is 9.15. The molecule has 0 radical (unpaired) electrons. The van der Waals surface area contributed by atoms with E-state index < -0.39 is 5.82 Å². The van der Waals surface area contributed by atoms with Crippen LogP contribution in [0.1, 0.15) is 0 Å². The molecule has 0 atom stereocenters. The van der Waals surface area contributed by atoms with Gasteiger partial charge in [0.1, 0.15) is 11.6 Å². The maximum atomic E-state index is 13.4. The van der Waals surface area contributed by atoms with Gasteiger partial charge in [0.05, 0.1) is 0 Å². The van der Waals surface area contributed by atoms with Crippen molar-refractivity contribution >= 4 is 33.4 Å². The largest absolute Gasteiger partial charge is 0.384 e. The molecule has 0 fully saturated rings. The molecule has 0 amide bonds. The number of thioether (sulfide) groups is 1. The predicted molar refractivity (Wildman–Crippen MR) is 79.7 cm³/mol. The van der Waals surface area contributed by atoms with Gasteiger partial charge < -0.3 is 5.32 Å². The second kappa shape index (κ2) is 6.91. The minimum Gasteiger partial charge on any atom is -0.384 e. The Bertz CT molecular complexity index is 546. The summed E-state index contributed by atoms with van der Waals surface area (Å²) in [6.45, 7) is 0.683. The zero-order valence-corrected chi connectivity index (χ0v) is 12.4. The smallest absolute Gasteiger partial charge is 0.136 e. The van der Waals surface area contributed by atoms with Crippen LogP contribution in [0.2, 0.25) is 0 Å². The Labute approximate surface area is 123 Å². The molecule has 2 aromatic carbocycles. The highest BCUT2D eigenvalue weighted by molar-refractivity contribution is 9.10. The topological polar surface area (TPSA) is 12.0 Å². The fraction of sp³-hybridized carbons (Fsp3) is 0.143. The molecule has 0 bridgehead atoms. The zero-order chi connectivity index (χ0) is 13.7. The third kappa shape index (κ3) is 4.51. The van der Waals surface area contributed by atoms with Gasteiger partial charge in [-0.05, 0) is 42.5 Å². The molecule has 0 aliphatic carbocycles. The van der Waals surface area contributed by atoms with Crippen molar-refractivity contribution in [2.24, 2.45) is 0 Å². The van der Waals surface area contributed by atoms with E-state index in [4.69, 9.17) is 0 Å². The summed E-state index contributed by atoms with van der Waals surface area (Å²) < 4.78 is 27.3.